The maximum Gasteiger partial charge on any atom is 0.410 e. The molecule has 0 spiro atoms. The second-order valence-corrected chi connectivity index (χ2v) is 10.8. The second-order valence-electron chi connectivity index (χ2n) is 10.8. The Bertz CT molecular complexity index is 1770. The quantitative estimate of drug-likeness (QED) is 0.187. The van der Waals surface area contributed by atoms with E-state index in [-0.39, 0.29) is 13.2 Å². The molecule has 4 atom stereocenters. The van der Waals surface area contributed by atoms with Gasteiger partial charge in [-0.05, 0) is 41.0 Å². The number of nitrogens with zero attached hydrogens (tertiary/aromatic N) is 2. The molecule has 0 radical (unpaired) electrons. The molecule has 2 N–H and O–H groups in total. The highest BCUT2D eigenvalue weighted by atomic mass is 16.6. The number of nitrogens with one attached hydrogen (secondary N) is 1. The number of ether oxygens (including phenoxy) is 5. The number of hydrogen-bond donors (Lipinski definition) is 2. The number of benzene rings is 3. The number of aromatic amines is 1. The van der Waals surface area contributed by atoms with E-state index in [2.05, 4.69) is 10.9 Å². The summed E-state index contributed by atoms with van der Waals surface area (Å²) in [7, 11) is 4.59. The predicted molar refractivity (Wildman–Crippen MR) is 171 cm³/mol. The zero-order valence-electron chi connectivity index (χ0n) is 26.1. The maximum atomic E-state index is 12.9. The van der Waals surface area contributed by atoms with Crippen molar-refractivity contribution in [2.24, 2.45) is 0 Å². The van der Waals surface area contributed by atoms with Crippen LogP contribution in [0.1, 0.15) is 22.9 Å². The molecule has 1 saturated heterocycles. The first kappa shape index (κ1) is 33.0. The van der Waals surface area contributed by atoms with Gasteiger partial charge in [-0.15, -0.1) is 6.42 Å². The lowest BCUT2D eigenvalue weighted by Crippen LogP contribution is -2.43. The van der Waals surface area contributed by atoms with Crippen LogP contribution in [0, 0.1) is 12.3 Å². The van der Waals surface area contributed by atoms with Crippen LogP contribution in [0.25, 0.3) is 0 Å². The van der Waals surface area contributed by atoms with E-state index in [4.69, 9.17) is 30.1 Å². The molecule has 4 aromatic rings. The van der Waals surface area contributed by atoms with Gasteiger partial charge in [-0.1, -0.05) is 60.5 Å². The minimum absolute atomic E-state index is 0.0539. The Kier molecular flexibility index (Phi) is 10.1. The van der Waals surface area contributed by atoms with Crippen molar-refractivity contribution >= 4 is 6.09 Å². The summed E-state index contributed by atoms with van der Waals surface area (Å²) < 4.78 is 30.6. The lowest BCUT2D eigenvalue weighted by molar-refractivity contribution is -0.0962. The number of terminal acetylenes is 1. The van der Waals surface area contributed by atoms with Crippen LogP contribution in [0.3, 0.4) is 0 Å². The van der Waals surface area contributed by atoms with E-state index in [1.807, 2.05) is 78.9 Å². The number of methoxy groups -OCH3 is 2. The van der Waals surface area contributed by atoms with Crippen molar-refractivity contribution in [3.05, 3.63) is 129 Å². The number of hydrogen-bond acceptors (Lipinski definition) is 9. The Morgan fingerprint density at radius 1 is 0.957 bits per heavy atom. The van der Waals surface area contributed by atoms with Crippen LogP contribution in [0.2, 0.25) is 0 Å². The molecule has 1 aliphatic rings. The first-order valence-electron chi connectivity index (χ1n) is 14.7. The van der Waals surface area contributed by atoms with Gasteiger partial charge in [-0.3, -0.25) is 14.3 Å². The SMILES string of the molecule is C#CCN(C)C(=O)O[C@@H]1[C@H](O)[C@@H](COC(c2ccccc2)(c2ccc(OC)cc2)c2ccc(OC)cc2)O[C@H]1n1ccc(=O)[nH]c1=O. The topological polar surface area (TPSA) is 142 Å². The van der Waals surface area contributed by atoms with Gasteiger partial charge < -0.3 is 33.7 Å². The Hall–Kier alpha value is -5.35. The predicted octanol–water partition coefficient (Wildman–Crippen LogP) is 2.89. The van der Waals surface area contributed by atoms with Crippen molar-refractivity contribution in [1.29, 1.82) is 0 Å². The minimum atomic E-state index is -1.46. The molecule has 47 heavy (non-hydrogen) atoms. The largest absolute Gasteiger partial charge is 0.497 e. The molecule has 0 unspecified atom stereocenters. The normalized spacial score (nSPS) is 19.0. The van der Waals surface area contributed by atoms with E-state index >= 15 is 0 Å². The summed E-state index contributed by atoms with van der Waals surface area (Å²) in [6.45, 7) is -0.279. The molecule has 12 heteroatoms. The van der Waals surface area contributed by atoms with Crippen molar-refractivity contribution in [3.8, 4) is 23.8 Å². The fraction of sp³-hybridized carbons (Fsp3) is 0.286. The van der Waals surface area contributed by atoms with Gasteiger partial charge >= 0.3 is 11.8 Å². The second kappa shape index (κ2) is 14.4. The summed E-state index contributed by atoms with van der Waals surface area (Å²) in [5.41, 5.74) is -0.420. The van der Waals surface area contributed by atoms with Crippen LogP contribution in [0.4, 0.5) is 4.79 Å². The van der Waals surface area contributed by atoms with Gasteiger partial charge in [0.1, 0.15) is 29.3 Å². The molecular weight excluding hydrogens is 606 g/mol. The fourth-order valence-corrected chi connectivity index (χ4v) is 5.52. The highest BCUT2D eigenvalue weighted by molar-refractivity contribution is 5.68. The van der Waals surface area contributed by atoms with Crippen molar-refractivity contribution in [2.75, 3.05) is 34.4 Å². The fourth-order valence-electron chi connectivity index (χ4n) is 5.52. The van der Waals surface area contributed by atoms with Gasteiger partial charge in [-0.2, -0.15) is 0 Å². The molecule has 3 aromatic carbocycles. The van der Waals surface area contributed by atoms with Gasteiger partial charge in [0.2, 0.25) is 0 Å². The van der Waals surface area contributed by atoms with Crippen molar-refractivity contribution in [1.82, 2.24) is 14.5 Å². The maximum absolute atomic E-state index is 12.9. The first-order valence-corrected chi connectivity index (χ1v) is 14.7. The van der Waals surface area contributed by atoms with E-state index in [0.717, 1.165) is 32.2 Å². The van der Waals surface area contributed by atoms with E-state index in [1.54, 1.807) is 14.2 Å². The average molecular weight is 642 g/mol. The van der Waals surface area contributed by atoms with E-state index in [0.29, 0.717) is 11.5 Å². The van der Waals surface area contributed by atoms with Crippen molar-refractivity contribution in [3.63, 3.8) is 0 Å². The zero-order chi connectivity index (χ0) is 33.6. The highest BCUT2D eigenvalue weighted by Gasteiger charge is 2.49. The summed E-state index contributed by atoms with van der Waals surface area (Å²) in [6, 6.07) is 25.5. The number of carbonyl (C=O) groups is 1. The monoisotopic (exact) mass is 641 g/mol. The number of carbonyl (C=O) groups excluding carboxylic acids is 1. The van der Waals surface area contributed by atoms with Gasteiger partial charge in [0.15, 0.2) is 12.3 Å². The summed E-state index contributed by atoms with van der Waals surface area (Å²) in [5.74, 6) is 3.64. The summed E-state index contributed by atoms with van der Waals surface area (Å²) >= 11 is 0. The lowest BCUT2D eigenvalue weighted by Gasteiger charge is -2.37. The van der Waals surface area contributed by atoms with E-state index < -0.39 is 47.5 Å². The van der Waals surface area contributed by atoms with Gasteiger partial charge in [-0.25, -0.2) is 9.59 Å². The number of rotatable bonds is 11. The Morgan fingerprint density at radius 2 is 1.53 bits per heavy atom. The summed E-state index contributed by atoms with van der Waals surface area (Å²) in [6.07, 6.45) is 0.485. The molecule has 1 aromatic heterocycles. The molecule has 0 saturated carbocycles. The molecule has 1 fully saturated rings. The summed E-state index contributed by atoms with van der Waals surface area (Å²) in [5, 5.41) is 11.6. The van der Waals surface area contributed by atoms with E-state index in [9.17, 15) is 19.5 Å². The number of aliphatic hydroxyl groups excluding tert-OH is 1. The third kappa shape index (κ3) is 6.78. The van der Waals surface area contributed by atoms with Crippen LogP contribution < -0.4 is 20.7 Å². The smallest absolute Gasteiger partial charge is 0.410 e. The first-order chi connectivity index (χ1) is 22.7. The van der Waals surface area contributed by atoms with Crippen LogP contribution in [-0.4, -0.2) is 78.4 Å². The third-order valence-electron chi connectivity index (χ3n) is 7.95. The Balaban J connectivity index is 1.57. The zero-order valence-corrected chi connectivity index (χ0v) is 26.1. The molecule has 0 aliphatic carbocycles. The minimum Gasteiger partial charge on any atom is -0.497 e. The number of aromatic nitrogens is 2. The molecular formula is C35H35N3O9. The number of aliphatic hydroxyl groups is 1. The van der Waals surface area contributed by atoms with Crippen LogP contribution in [-0.2, 0) is 19.8 Å². The standard InChI is InChI=1S/C35H35N3O9/c1-5-20-37(2)34(42)47-31-30(40)28(46-32(31)38-21-19-29(39)36-33(38)41)22-45-35(23-9-7-6-8-10-23,24-11-15-26(43-3)16-12-24)25-13-17-27(44-4)18-14-25/h1,6-19,21,28,30-32,40H,20,22H2,2-4H3,(H,36,39,41)/t28-,30-,31-,32-/m1/s1. The van der Waals surface area contributed by atoms with Crippen LogP contribution in [0.5, 0.6) is 11.5 Å². The Labute approximate surface area is 271 Å². The molecule has 0 bridgehead atoms. The van der Waals surface area contributed by atoms with Gasteiger partial charge in [0, 0.05) is 19.3 Å². The molecule has 5 rings (SSSR count). The number of amides is 1. The van der Waals surface area contributed by atoms with Gasteiger partial charge in [0.25, 0.3) is 5.56 Å². The van der Waals surface area contributed by atoms with Gasteiger partial charge in [0.05, 0.1) is 27.4 Å². The Morgan fingerprint density at radius 3 is 2.06 bits per heavy atom. The third-order valence-corrected chi connectivity index (χ3v) is 7.95. The average Bonchev–Trinajstić information content (AvgIpc) is 3.39. The molecule has 1 aliphatic heterocycles. The molecule has 1 amide bonds. The van der Waals surface area contributed by atoms with Crippen molar-refractivity contribution in [2.45, 2.75) is 30.1 Å². The number of H-pyrrole nitrogens is 1. The van der Waals surface area contributed by atoms with E-state index in [1.165, 1.54) is 13.2 Å². The van der Waals surface area contributed by atoms with Crippen molar-refractivity contribution < 1.29 is 33.6 Å². The molecule has 244 valence electrons. The molecule has 2 heterocycles. The molecule has 12 nitrogen and oxygen atoms in total. The highest BCUT2D eigenvalue weighted by Crippen LogP contribution is 2.43. The lowest BCUT2D eigenvalue weighted by atomic mass is 9.80. The van der Waals surface area contributed by atoms with Crippen LogP contribution in [0.15, 0.2) is 101 Å². The van der Waals surface area contributed by atoms with Crippen LogP contribution >= 0.6 is 0 Å². The summed E-state index contributed by atoms with van der Waals surface area (Å²) in [4.78, 5) is 40.8.